The molecule has 1 rings (SSSR count). The highest BCUT2D eigenvalue weighted by Crippen LogP contribution is 2.33. The lowest BCUT2D eigenvalue weighted by atomic mass is 10.1. The first-order valence-electron chi connectivity index (χ1n) is 6.08. The Kier molecular flexibility index (Phi) is 5.65. The fraction of sp³-hybridized carbons (Fsp3) is 0.500. The molecule has 4 nitrogen and oxygen atoms in total. The number of benzene rings is 1. The van der Waals surface area contributed by atoms with Crippen molar-refractivity contribution < 1.29 is 21.6 Å². The number of hydrogen-bond acceptors (Lipinski definition) is 3. The maximum absolute atomic E-state index is 12.7. The summed E-state index contributed by atoms with van der Waals surface area (Å²) in [6, 6.07) is 1.55. The largest absolute Gasteiger partial charge is 0.416 e. The first-order chi connectivity index (χ1) is 9.49. The quantitative estimate of drug-likeness (QED) is 0.862. The number of nitrogens with one attached hydrogen (secondary N) is 1. The van der Waals surface area contributed by atoms with Gasteiger partial charge in [0.15, 0.2) is 0 Å². The zero-order valence-corrected chi connectivity index (χ0v) is 13.0. The molecule has 0 aromatic heterocycles. The van der Waals surface area contributed by atoms with Crippen LogP contribution in [-0.4, -0.2) is 21.0 Å². The normalized spacial score (nSPS) is 14.5. The van der Waals surface area contributed by atoms with Crippen molar-refractivity contribution in [1.29, 1.82) is 0 Å². The monoisotopic (exact) mass is 344 g/mol. The van der Waals surface area contributed by atoms with Gasteiger partial charge in [-0.05, 0) is 24.1 Å². The van der Waals surface area contributed by atoms with Crippen molar-refractivity contribution in [3.8, 4) is 0 Å². The molecule has 0 heterocycles. The average Bonchev–Trinajstić information content (AvgIpc) is 2.34. The van der Waals surface area contributed by atoms with Crippen LogP contribution in [0.4, 0.5) is 13.2 Å². The highest BCUT2D eigenvalue weighted by molar-refractivity contribution is 7.89. The van der Waals surface area contributed by atoms with Crippen molar-refractivity contribution in [2.45, 2.75) is 31.0 Å². The molecule has 1 aromatic rings. The predicted octanol–water partition coefficient (Wildman–Crippen LogP) is 2.62. The van der Waals surface area contributed by atoms with Crippen molar-refractivity contribution in [2.24, 2.45) is 11.7 Å². The Morgan fingerprint density at radius 2 is 1.90 bits per heavy atom. The molecular weight excluding hydrogens is 329 g/mol. The molecule has 0 spiro atoms. The smallest absolute Gasteiger partial charge is 0.329 e. The van der Waals surface area contributed by atoms with Crippen LogP contribution in [0.1, 0.15) is 19.4 Å². The molecule has 3 N–H and O–H groups in total. The van der Waals surface area contributed by atoms with E-state index in [1.54, 1.807) is 13.8 Å². The zero-order chi connectivity index (χ0) is 16.4. The summed E-state index contributed by atoms with van der Waals surface area (Å²) in [6.45, 7) is 3.51. The van der Waals surface area contributed by atoms with E-state index in [1.807, 2.05) is 0 Å². The molecule has 0 radical (unpaired) electrons. The predicted molar refractivity (Wildman–Crippen MR) is 74.5 cm³/mol. The van der Waals surface area contributed by atoms with Crippen molar-refractivity contribution in [3.05, 3.63) is 28.8 Å². The molecule has 0 saturated carbocycles. The van der Waals surface area contributed by atoms with Crippen molar-refractivity contribution in [2.75, 3.05) is 6.54 Å². The van der Waals surface area contributed by atoms with Crippen LogP contribution in [0.3, 0.4) is 0 Å². The Morgan fingerprint density at radius 1 is 1.33 bits per heavy atom. The molecule has 1 unspecified atom stereocenters. The number of halogens is 4. The fourth-order valence-electron chi connectivity index (χ4n) is 1.60. The first kappa shape index (κ1) is 18.2. The molecule has 0 fully saturated rings. The highest BCUT2D eigenvalue weighted by atomic mass is 35.5. The highest BCUT2D eigenvalue weighted by Gasteiger charge is 2.33. The molecule has 0 aliphatic rings. The minimum absolute atomic E-state index is 0.0213. The van der Waals surface area contributed by atoms with Gasteiger partial charge in [-0.25, -0.2) is 13.1 Å². The summed E-state index contributed by atoms with van der Waals surface area (Å²) < 4.78 is 64.6. The van der Waals surface area contributed by atoms with Crippen LogP contribution in [0, 0.1) is 5.92 Å². The number of rotatable bonds is 5. The van der Waals surface area contributed by atoms with E-state index in [1.165, 1.54) is 0 Å². The summed E-state index contributed by atoms with van der Waals surface area (Å²) in [5.74, 6) is -0.116. The van der Waals surface area contributed by atoms with E-state index >= 15 is 0 Å². The van der Waals surface area contributed by atoms with Crippen LogP contribution in [0.5, 0.6) is 0 Å². The fourth-order valence-corrected chi connectivity index (χ4v) is 3.53. The van der Waals surface area contributed by atoms with E-state index in [0.717, 1.165) is 12.1 Å². The second-order valence-electron chi connectivity index (χ2n) is 4.85. The van der Waals surface area contributed by atoms with E-state index < -0.39 is 32.7 Å². The molecule has 0 aliphatic heterocycles. The van der Waals surface area contributed by atoms with Gasteiger partial charge in [-0.3, -0.25) is 0 Å². The maximum atomic E-state index is 12.7. The van der Waals surface area contributed by atoms with Crippen LogP contribution in [0.25, 0.3) is 0 Å². The third-order valence-electron chi connectivity index (χ3n) is 2.91. The molecule has 9 heteroatoms. The van der Waals surface area contributed by atoms with Gasteiger partial charge in [-0.15, -0.1) is 0 Å². The van der Waals surface area contributed by atoms with Crippen LogP contribution in [-0.2, 0) is 16.2 Å². The summed E-state index contributed by atoms with van der Waals surface area (Å²) in [7, 11) is -4.19. The lowest BCUT2D eigenvalue weighted by Crippen LogP contribution is -2.43. The molecule has 0 amide bonds. The summed E-state index contributed by atoms with van der Waals surface area (Å²) in [5.41, 5.74) is 4.37. The van der Waals surface area contributed by atoms with E-state index in [-0.39, 0.29) is 17.5 Å². The van der Waals surface area contributed by atoms with Gasteiger partial charge in [0.2, 0.25) is 10.0 Å². The van der Waals surface area contributed by atoms with Gasteiger partial charge in [-0.2, -0.15) is 13.2 Å². The van der Waals surface area contributed by atoms with E-state index in [2.05, 4.69) is 4.72 Å². The SMILES string of the molecule is CC(C)C(CN)NS(=O)(=O)c1cc(C(F)(F)F)ccc1Cl. The van der Waals surface area contributed by atoms with Crippen molar-refractivity contribution in [3.63, 3.8) is 0 Å². The molecule has 0 bridgehead atoms. The van der Waals surface area contributed by atoms with Crippen LogP contribution in [0.15, 0.2) is 23.1 Å². The van der Waals surface area contributed by atoms with Gasteiger partial charge in [0, 0.05) is 12.6 Å². The second kappa shape index (κ2) is 6.51. The minimum atomic E-state index is -4.65. The van der Waals surface area contributed by atoms with Crippen molar-refractivity contribution in [1.82, 2.24) is 4.72 Å². The molecule has 120 valence electrons. The zero-order valence-electron chi connectivity index (χ0n) is 11.4. The molecular formula is C12H16ClF3N2O2S. The maximum Gasteiger partial charge on any atom is 0.416 e. The first-order valence-corrected chi connectivity index (χ1v) is 7.94. The standard InChI is InChI=1S/C12H16ClF3N2O2S/c1-7(2)10(6-17)18-21(19,20)11-5-8(12(14,15)16)3-4-9(11)13/h3-5,7,10,18H,6,17H2,1-2H3. The second-order valence-corrected chi connectivity index (χ2v) is 6.94. The van der Waals surface area contributed by atoms with Gasteiger partial charge < -0.3 is 5.73 Å². The summed E-state index contributed by atoms with van der Waals surface area (Å²) in [4.78, 5) is -0.613. The Labute approximate surface area is 126 Å². The topological polar surface area (TPSA) is 72.2 Å². The third kappa shape index (κ3) is 4.57. The Bertz CT molecular complexity index is 603. The lowest BCUT2D eigenvalue weighted by molar-refractivity contribution is -0.137. The molecule has 0 aliphatic carbocycles. The Hall–Kier alpha value is -0.830. The van der Waals surface area contributed by atoms with E-state index in [9.17, 15) is 21.6 Å². The number of hydrogen-bond donors (Lipinski definition) is 2. The number of alkyl halides is 3. The summed E-state index contributed by atoms with van der Waals surface area (Å²) in [6.07, 6.45) is -4.65. The van der Waals surface area contributed by atoms with Gasteiger partial charge in [0.05, 0.1) is 10.6 Å². The van der Waals surface area contributed by atoms with Gasteiger partial charge in [0.1, 0.15) is 4.90 Å². The number of sulfonamides is 1. The van der Waals surface area contributed by atoms with E-state index in [4.69, 9.17) is 17.3 Å². The average molecular weight is 345 g/mol. The Balaban J connectivity index is 3.25. The molecule has 0 saturated heterocycles. The third-order valence-corrected chi connectivity index (χ3v) is 4.88. The van der Waals surface area contributed by atoms with Gasteiger partial charge >= 0.3 is 6.18 Å². The molecule has 1 atom stereocenters. The molecule has 21 heavy (non-hydrogen) atoms. The van der Waals surface area contributed by atoms with Crippen LogP contribution < -0.4 is 10.5 Å². The van der Waals surface area contributed by atoms with Crippen molar-refractivity contribution >= 4 is 21.6 Å². The Morgan fingerprint density at radius 3 is 2.33 bits per heavy atom. The summed E-state index contributed by atoms with van der Waals surface area (Å²) >= 11 is 5.72. The van der Waals surface area contributed by atoms with Crippen LogP contribution >= 0.6 is 11.6 Å². The van der Waals surface area contributed by atoms with Gasteiger partial charge in [-0.1, -0.05) is 25.4 Å². The lowest BCUT2D eigenvalue weighted by Gasteiger charge is -2.21. The number of nitrogens with two attached hydrogens (primary N) is 1. The summed E-state index contributed by atoms with van der Waals surface area (Å²) in [5, 5.41) is -0.282. The van der Waals surface area contributed by atoms with E-state index in [0.29, 0.717) is 6.07 Å². The molecule has 1 aromatic carbocycles. The minimum Gasteiger partial charge on any atom is -0.329 e. The van der Waals surface area contributed by atoms with Gasteiger partial charge in [0.25, 0.3) is 0 Å². The van der Waals surface area contributed by atoms with Crippen LogP contribution in [0.2, 0.25) is 5.02 Å².